The third kappa shape index (κ3) is 6.28. The number of nitrogen functional groups attached to an aromatic ring is 1. The maximum absolute atomic E-state index is 9.04. The van der Waals surface area contributed by atoms with Crippen LogP contribution in [0.3, 0.4) is 0 Å². The largest absolute Gasteiger partial charge is 0.493 e. The van der Waals surface area contributed by atoms with Crippen molar-refractivity contribution in [3.63, 3.8) is 0 Å². The second-order valence-corrected chi connectivity index (χ2v) is 12.4. The molecule has 6 rings (SSSR count). The number of anilines is 1. The van der Waals surface area contributed by atoms with Gasteiger partial charge in [0.1, 0.15) is 18.5 Å². The van der Waals surface area contributed by atoms with Gasteiger partial charge < -0.3 is 24.7 Å². The Hall–Kier alpha value is -3.46. The minimum absolute atomic E-state index is 0.115. The predicted octanol–water partition coefficient (Wildman–Crippen LogP) is 5.67. The molecule has 228 valence electrons. The van der Waals surface area contributed by atoms with E-state index in [0.29, 0.717) is 60.9 Å². The summed E-state index contributed by atoms with van der Waals surface area (Å²) in [6, 6.07) is 14.9. The summed E-state index contributed by atoms with van der Waals surface area (Å²) in [6.45, 7) is 8.13. The molecule has 3 aromatic rings. The zero-order valence-corrected chi connectivity index (χ0v) is 25.7. The number of fused-ring (bicyclic) bond motifs is 1. The fraction of sp³-hybridized carbons (Fsp3) is 0.486. The molecule has 0 bridgehead atoms. The molecule has 0 spiro atoms. The van der Waals surface area contributed by atoms with Gasteiger partial charge in [-0.3, -0.25) is 10.3 Å². The number of nitrogens with zero attached hydrogens (tertiary/aromatic N) is 2. The summed E-state index contributed by atoms with van der Waals surface area (Å²) in [5, 5.41) is 9.04. The number of hydrogen-bond donors (Lipinski definition) is 2. The number of nitrogens with one attached hydrogen (secondary N) is 1. The SMILES string of the molecule is COc1cc(C(=N)c2cc(-c3ccc4c(c3)CCC(C)(N3CCCC3C)CC4)cnc2N)ccc1OCC1COCCO1. The summed E-state index contributed by atoms with van der Waals surface area (Å²) < 4.78 is 22.7. The van der Waals surface area contributed by atoms with E-state index in [9.17, 15) is 0 Å². The molecule has 3 heterocycles. The minimum Gasteiger partial charge on any atom is -0.493 e. The molecule has 3 atom stereocenters. The Labute approximate surface area is 255 Å². The van der Waals surface area contributed by atoms with Gasteiger partial charge in [-0.25, -0.2) is 4.98 Å². The molecule has 2 aromatic carbocycles. The monoisotopic (exact) mass is 584 g/mol. The fourth-order valence-electron chi connectivity index (χ4n) is 6.98. The standard InChI is InChI=1S/C35H44N4O4/c1-23-5-4-14-39(23)35(2)12-10-24-6-7-25(17-26(24)11-13-35)28-18-30(34(37)38-20-28)33(36)27-8-9-31(32(19-27)40-3)43-22-29-21-41-15-16-42-29/h6-9,17-20,23,29,36H,4-5,10-16,21-22H2,1-3H3,(H2,37,38). The molecule has 0 amide bonds. The molecule has 0 radical (unpaired) electrons. The quantitative estimate of drug-likeness (QED) is 0.260. The first-order valence-corrected chi connectivity index (χ1v) is 15.6. The molecule has 1 aliphatic carbocycles. The zero-order chi connectivity index (χ0) is 30.0. The highest BCUT2D eigenvalue weighted by molar-refractivity contribution is 6.14. The molecule has 3 aliphatic rings. The number of ether oxygens (including phenoxy) is 4. The number of pyridine rings is 1. The Morgan fingerprint density at radius 2 is 1.91 bits per heavy atom. The van der Waals surface area contributed by atoms with Crippen LogP contribution < -0.4 is 15.2 Å². The lowest BCUT2D eigenvalue weighted by Crippen LogP contribution is -2.48. The van der Waals surface area contributed by atoms with E-state index in [2.05, 4.69) is 41.9 Å². The number of benzene rings is 2. The summed E-state index contributed by atoms with van der Waals surface area (Å²) in [6.07, 6.45) is 8.87. The maximum Gasteiger partial charge on any atom is 0.161 e. The highest BCUT2D eigenvalue weighted by atomic mass is 16.6. The van der Waals surface area contributed by atoms with E-state index in [1.54, 1.807) is 7.11 Å². The van der Waals surface area contributed by atoms with Crippen LogP contribution in [0.25, 0.3) is 11.1 Å². The van der Waals surface area contributed by atoms with Gasteiger partial charge >= 0.3 is 0 Å². The van der Waals surface area contributed by atoms with Crippen LogP contribution in [-0.2, 0) is 22.3 Å². The molecule has 3 unspecified atom stereocenters. The Morgan fingerprint density at radius 1 is 1.07 bits per heavy atom. The lowest BCUT2D eigenvalue weighted by atomic mass is 9.89. The zero-order valence-electron chi connectivity index (χ0n) is 25.7. The molecule has 3 N–H and O–H groups in total. The van der Waals surface area contributed by atoms with E-state index in [4.69, 9.17) is 30.1 Å². The summed E-state index contributed by atoms with van der Waals surface area (Å²) >= 11 is 0. The van der Waals surface area contributed by atoms with Crippen molar-refractivity contribution in [2.24, 2.45) is 0 Å². The second-order valence-electron chi connectivity index (χ2n) is 12.4. The molecule has 1 aromatic heterocycles. The van der Waals surface area contributed by atoms with Crippen molar-refractivity contribution in [2.45, 2.75) is 70.1 Å². The Bertz CT molecular complexity index is 1470. The van der Waals surface area contributed by atoms with Gasteiger partial charge in [-0.2, -0.15) is 0 Å². The third-order valence-corrected chi connectivity index (χ3v) is 9.60. The summed E-state index contributed by atoms with van der Waals surface area (Å²) in [5.74, 6) is 1.46. The van der Waals surface area contributed by atoms with Gasteiger partial charge in [0.2, 0.25) is 0 Å². The van der Waals surface area contributed by atoms with Gasteiger partial charge in [-0.05, 0) is 99.9 Å². The molecule has 8 heteroatoms. The first-order chi connectivity index (χ1) is 20.8. The van der Waals surface area contributed by atoms with Gasteiger partial charge in [-0.15, -0.1) is 0 Å². The molecular weight excluding hydrogens is 540 g/mol. The molecule has 43 heavy (non-hydrogen) atoms. The molecule has 2 aliphatic heterocycles. The van der Waals surface area contributed by atoms with Gasteiger partial charge in [0, 0.05) is 34.5 Å². The van der Waals surface area contributed by atoms with E-state index >= 15 is 0 Å². The highest BCUT2D eigenvalue weighted by Gasteiger charge is 2.38. The number of rotatable bonds is 8. The average Bonchev–Trinajstić information content (AvgIpc) is 3.41. The summed E-state index contributed by atoms with van der Waals surface area (Å²) in [4.78, 5) is 7.27. The van der Waals surface area contributed by atoms with Crippen LogP contribution in [-0.4, -0.2) is 73.4 Å². The van der Waals surface area contributed by atoms with Gasteiger partial charge in [0.05, 0.1) is 32.6 Å². The summed E-state index contributed by atoms with van der Waals surface area (Å²) in [7, 11) is 1.60. The van der Waals surface area contributed by atoms with Crippen LogP contribution in [0.5, 0.6) is 11.5 Å². The van der Waals surface area contributed by atoms with Crippen molar-refractivity contribution in [3.8, 4) is 22.6 Å². The first kappa shape index (κ1) is 29.6. The fourth-order valence-corrected chi connectivity index (χ4v) is 6.98. The van der Waals surface area contributed by atoms with Crippen molar-refractivity contribution in [2.75, 3.05) is 45.8 Å². The van der Waals surface area contributed by atoms with Crippen LogP contribution in [0.2, 0.25) is 0 Å². The number of aromatic nitrogens is 1. The molecule has 2 saturated heterocycles. The maximum atomic E-state index is 9.04. The Kier molecular flexibility index (Phi) is 8.71. The van der Waals surface area contributed by atoms with E-state index in [-0.39, 0.29) is 17.4 Å². The Balaban J connectivity index is 1.20. The van der Waals surface area contributed by atoms with Crippen molar-refractivity contribution < 1.29 is 18.9 Å². The van der Waals surface area contributed by atoms with Gasteiger partial charge in [0.25, 0.3) is 0 Å². The predicted molar refractivity (Wildman–Crippen MR) is 170 cm³/mol. The number of methoxy groups -OCH3 is 1. The number of nitrogens with two attached hydrogens (primary N) is 1. The number of aryl methyl sites for hydroxylation is 2. The number of hydrogen-bond acceptors (Lipinski definition) is 8. The molecule has 8 nitrogen and oxygen atoms in total. The lowest BCUT2D eigenvalue weighted by Gasteiger charge is -2.41. The second kappa shape index (κ2) is 12.6. The van der Waals surface area contributed by atoms with Crippen molar-refractivity contribution in [3.05, 3.63) is 70.9 Å². The minimum atomic E-state index is -0.115. The van der Waals surface area contributed by atoms with E-state index in [1.807, 2.05) is 30.5 Å². The van der Waals surface area contributed by atoms with E-state index in [1.165, 1.54) is 43.4 Å². The molecule has 2 fully saturated rings. The van der Waals surface area contributed by atoms with Gasteiger partial charge in [-0.1, -0.05) is 18.2 Å². The smallest absolute Gasteiger partial charge is 0.161 e. The van der Waals surface area contributed by atoms with E-state index in [0.717, 1.165) is 24.0 Å². The Morgan fingerprint density at radius 3 is 2.65 bits per heavy atom. The van der Waals surface area contributed by atoms with Crippen LogP contribution in [0, 0.1) is 5.41 Å². The first-order valence-electron chi connectivity index (χ1n) is 15.6. The van der Waals surface area contributed by atoms with Crippen LogP contribution in [0.15, 0.2) is 48.7 Å². The number of likely N-dealkylation sites (tertiary alicyclic amines) is 1. The van der Waals surface area contributed by atoms with Crippen molar-refractivity contribution in [1.82, 2.24) is 9.88 Å². The van der Waals surface area contributed by atoms with Crippen LogP contribution in [0.4, 0.5) is 5.82 Å². The third-order valence-electron chi connectivity index (χ3n) is 9.60. The highest BCUT2D eigenvalue weighted by Crippen LogP contribution is 2.38. The summed E-state index contributed by atoms with van der Waals surface area (Å²) in [5.41, 5.74) is 13.1. The normalized spacial score (nSPS) is 24.3. The van der Waals surface area contributed by atoms with Crippen LogP contribution >= 0.6 is 0 Å². The lowest BCUT2D eigenvalue weighted by molar-refractivity contribution is -0.101. The van der Waals surface area contributed by atoms with Gasteiger partial charge in [0.15, 0.2) is 11.5 Å². The molecular formula is C35H44N4O4. The van der Waals surface area contributed by atoms with Crippen molar-refractivity contribution >= 4 is 11.5 Å². The molecule has 0 saturated carbocycles. The van der Waals surface area contributed by atoms with E-state index < -0.39 is 0 Å². The van der Waals surface area contributed by atoms with Crippen molar-refractivity contribution in [1.29, 1.82) is 5.41 Å². The average molecular weight is 585 g/mol. The topological polar surface area (TPSA) is 103 Å². The van der Waals surface area contributed by atoms with Crippen LogP contribution in [0.1, 0.15) is 61.8 Å².